The number of hydrogen-bond donors (Lipinski definition) is 2. The van der Waals surface area contributed by atoms with E-state index in [2.05, 4.69) is 30.5 Å². The molecule has 0 spiro atoms. The number of anilines is 2. The molecule has 0 atom stereocenters. The second kappa shape index (κ2) is 8.32. The highest BCUT2D eigenvalue weighted by Gasteiger charge is 2.18. The van der Waals surface area contributed by atoms with Crippen LogP contribution in [0.25, 0.3) is 0 Å². The molecule has 0 saturated carbocycles. The van der Waals surface area contributed by atoms with Gasteiger partial charge in [0.25, 0.3) is 0 Å². The van der Waals surface area contributed by atoms with E-state index in [0.717, 1.165) is 25.9 Å². The molecule has 2 amide bonds. The molecule has 1 aromatic carbocycles. The summed E-state index contributed by atoms with van der Waals surface area (Å²) in [6, 6.07) is 7.04. The fraction of sp³-hybridized carbons (Fsp3) is 0.412. The van der Waals surface area contributed by atoms with Crippen molar-refractivity contribution in [2.24, 2.45) is 0 Å². The van der Waals surface area contributed by atoms with E-state index in [1.807, 2.05) is 12.1 Å². The summed E-state index contributed by atoms with van der Waals surface area (Å²) < 4.78 is 10.4. The van der Waals surface area contributed by atoms with Gasteiger partial charge in [0, 0.05) is 13.1 Å². The van der Waals surface area contributed by atoms with E-state index in [-0.39, 0.29) is 18.6 Å². The number of urea groups is 1. The minimum absolute atomic E-state index is 0.153. The molecule has 1 aromatic heterocycles. The zero-order chi connectivity index (χ0) is 18.4. The Morgan fingerprint density at radius 1 is 1.12 bits per heavy atom. The highest BCUT2D eigenvalue weighted by molar-refractivity contribution is 5.90. The molecule has 2 aromatic rings. The topological polar surface area (TPSA) is 102 Å². The number of benzene rings is 1. The van der Waals surface area contributed by atoms with Gasteiger partial charge in [-0.3, -0.25) is 0 Å². The average Bonchev–Trinajstić information content (AvgIpc) is 3.21. The molecule has 9 nitrogen and oxygen atoms in total. The molecule has 2 N–H and O–H groups in total. The van der Waals surface area contributed by atoms with Crippen LogP contribution in [0, 0.1) is 0 Å². The van der Waals surface area contributed by atoms with Gasteiger partial charge in [-0.2, -0.15) is 15.0 Å². The van der Waals surface area contributed by atoms with Gasteiger partial charge in [-0.05, 0) is 25.0 Å². The predicted octanol–water partition coefficient (Wildman–Crippen LogP) is 1.81. The van der Waals surface area contributed by atoms with Crippen LogP contribution in [0.5, 0.6) is 11.8 Å². The predicted molar refractivity (Wildman–Crippen MR) is 96.7 cm³/mol. The van der Waals surface area contributed by atoms with Gasteiger partial charge in [0.2, 0.25) is 5.95 Å². The van der Waals surface area contributed by atoms with Crippen LogP contribution in [0.15, 0.2) is 24.3 Å². The summed E-state index contributed by atoms with van der Waals surface area (Å²) >= 11 is 0. The van der Waals surface area contributed by atoms with E-state index in [4.69, 9.17) is 9.47 Å². The highest BCUT2D eigenvalue weighted by Crippen LogP contribution is 2.22. The van der Waals surface area contributed by atoms with Gasteiger partial charge in [-0.25, -0.2) is 4.79 Å². The van der Waals surface area contributed by atoms with Crippen LogP contribution in [0.1, 0.15) is 18.7 Å². The molecule has 0 radical (unpaired) electrons. The molecule has 9 heteroatoms. The summed E-state index contributed by atoms with van der Waals surface area (Å²) in [5, 5.41) is 5.48. The van der Waals surface area contributed by atoms with E-state index < -0.39 is 0 Å². The van der Waals surface area contributed by atoms with Gasteiger partial charge in [0.1, 0.15) is 5.75 Å². The summed E-state index contributed by atoms with van der Waals surface area (Å²) in [4.78, 5) is 27.2. The Hall–Kier alpha value is -3.10. The Morgan fingerprint density at radius 2 is 1.88 bits per heavy atom. The Bertz CT molecular complexity index is 764. The van der Waals surface area contributed by atoms with Crippen LogP contribution in [-0.2, 0) is 6.54 Å². The lowest BCUT2D eigenvalue weighted by molar-refractivity contribution is 0.251. The minimum atomic E-state index is -0.378. The number of rotatable bonds is 6. The second-order valence-electron chi connectivity index (χ2n) is 5.74. The third kappa shape index (κ3) is 4.29. The van der Waals surface area contributed by atoms with Gasteiger partial charge in [0.15, 0.2) is 5.82 Å². The van der Waals surface area contributed by atoms with Crippen molar-refractivity contribution < 1.29 is 14.3 Å². The van der Waals surface area contributed by atoms with E-state index in [1.54, 1.807) is 19.2 Å². The van der Waals surface area contributed by atoms with Gasteiger partial charge >= 0.3 is 12.0 Å². The molecule has 0 unspecified atom stereocenters. The summed E-state index contributed by atoms with van der Waals surface area (Å²) in [5.74, 6) is 1.60. The largest absolute Gasteiger partial charge is 0.495 e. The molecule has 1 saturated heterocycles. The van der Waals surface area contributed by atoms with Crippen molar-refractivity contribution in [2.75, 3.05) is 37.5 Å². The second-order valence-corrected chi connectivity index (χ2v) is 5.74. The molecule has 1 aliphatic heterocycles. The molecule has 1 aliphatic rings. The fourth-order valence-corrected chi connectivity index (χ4v) is 2.69. The maximum Gasteiger partial charge on any atom is 0.321 e. The van der Waals surface area contributed by atoms with Crippen LogP contribution in [0.3, 0.4) is 0 Å². The van der Waals surface area contributed by atoms with Gasteiger partial charge in [-0.1, -0.05) is 12.1 Å². The lowest BCUT2D eigenvalue weighted by Crippen LogP contribution is -2.30. The molecule has 26 heavy (non-hydrogen) atoms. The number of ether oxygens (including phenoxy) is 2. The first-order valence-electron chi connectivity index (χ1n) is 8.41. The van der Waals surface area contributed by atoms with Crippen LogP contribution in [0.2, 0.25) is 0 Å². The number of methoxy groups -OCH3 is 2. The maximum atomic E-state index is 12.2. The van der Waals surface area contributed by atoms with Crippen molar-refractivity contribution in [1.29, 1.82) is 0 Å². The first-order chi connectivity index (χ1) is 12.7. The van der Waals surface area contributed by atoms with Gasteiger partial charge < -0.3 is 25.0 Å². The average molecular weight is 358 g/mol. The van der Waals surface area contributed by atoms with Crippen LogP contribution in [0.4, 0.5) is 16.4 Å². The molecule has 3 rings (SSSR count). The van der Waals surface area contributed by atoms with Crippen molar-refractivity contribution in [3.8, 4) is 11.8 Å². The third-order valence-corrected chi connectivity index (χ3v) is 3.98. The highest BCUT2D eigenvalue weighted by atomic mass is 16.5. The lowest BCUT2D eigenvalue weighted by Gasteiger charge is -2.16. The van der Waals surface area contributed by atoms with Gasteiger partial charge in [-0.15, -0.1) is 0 Å². The van der Waals surface area contributed by atoms with Crippen molar-refractivity contribution in [3.05, 3.63) is 30.1 Å². The van der Waals surface area contributed by atoms with E-state index in [1.165, 1.54) is 7.11 Å². The zero-order valence-electron chi connectivity index (χ0n) is 14.9. The zero-order valence-corrected chi connectivity index (χ0v) is 14.9. The Balaban J connectivity index is 1.64. The minimum Gasteiger partial charge on any atom is -0.495 e. The van der Waals surface area contributed by atoms with Crippen molar-refractivity contribution >= 4 is 17.7 Å². The molecule has 138 valence electrons. The summed E-state index contributed by atoms with van der Waals surface area (Å²) in [5.41, 5.74) is 0.582. The summed E-state index contributed by atoms with van der Waals surface area (Å²) in [6.45, 7) is 1.98. The fourth-order valence-electron chi connectivity index (χ4n) is 2.69. The molecular formula is C17H22N6O3. The Kier molecular flexibility index (Phi) is 5.67. The number of nitrogens with one attached hydrogen (secondary N) is 2. The monoisotopic (exact) mass is 358 g/mol. The molecule has 1 fully saturated rings. The number of hydrogen-bond acceptors (Lipinski definition) is 7. The van der Waals surface area contributed by atoms with E-state index >= 15 is 0 Å². The quantitative estimate of drug-likeness (QED) is 0.812. The number of carbonyl (C=O) groups excluding carboxylic acids is 1. The van der Waals surface area contributed by atoms with Crippen LogP contribution >= 0.6 is 0 Å². The number of aromatic nitrogens is 3. The molecule has 0 bridgehead atoms. The number of carbonyl (C=O) groups is 1. The van der Waals surface area contributed by atoms with Crippen molar-refractivity contribution in [2.45, 2.75) is 19.4 Å². The number of nitrogens with zero attached hydrogens (tertiary/aromatic N) is 4. The van der Waals surface area contributed by atoms with Crippen molar-refractivity contribution in [1.82, 2.24) is 20.3 Å². The molecular weight excluding hydrogens is 336 g/mol. The first kappa shape index (κ1) is 17.7. The van der Waals surface area contributed by atoms with Gasteiger partial charge in [0.05, 0.1) is 26.5 Å². The number of para-hydroxylation sites is 2. The SMILES string of the molecule is COc1nc(CNC(=O)Nc2ccccc2OC)nc(N2CCCC2)n1. The standard InChI is InChI=1S/C17H22N6O3/c1-25-13-8-4-3-7-12(13)19-16(24)18-11-14-20-15(22-17(21-14)26-2)23-9-5-6-10-23/h3-4,7-8H,5-6,9-11H2,1-2H3,(H2,18,19,24). The molecule has 0 aliphatic carbocycles. The molecule has 2 heterocycles. The lowest BCUT2D eigenvalue weighted by atomic mass is 10.3. The normalized spacial score (nSPS) is 13.4. The Labute approximate surface area is 151 Å². The van der Waals surface area contributed by atoms with E-state index in [0.29, 0.717) is 23.2 Å². The summed E-state index contributed by atoms with van der Waals surface area (Å²) in [6.07, 6.45) is 2.23. The van der Waals surface area contributed by atoms with Crippen molar-refractivity contribution in [3.63, 3.8) is 0 Å². The van der Waals surface area contributed by atoms with Crippen LogP contribution in [-0.4, -0.2) is 48.3 Å². The number of amides is 2. The van der Waals surface area contributed by atoms with E-state index in [9.17, 15) is 4.79 Å². The maximum absolute atomic E-state index is 12.2. The van der Waals surface area contributed by atoms with Crippen LogP contribution < -0.4 is 25.0 Å². The smallest absolute Gasteiger partial charge is 0.321 e. The summed E-state index contributed by atoms with van der Waals surface area (Å²) in [7, 11) is 3.06. The third-order valence-electron chi connectivity index (χ3n) is 3.98. The Morgan fingerprint density at radius 3 is 2.62 bits per heavy atom. The first-order valence-corrected chi connectivity index (χ1v) is 8.41.